The van der Waals surface area contributed by atoms with Crippen LogP contribution in [0.3, 0.4) is 0 Å². The molecule has 1 rings (SSSR count). The van der Waals surface area contributed by atoms with Crippen LogP contribution in [0.15, 0.2) is 0 Å². The fraction of sp³-hybridized carbons (Fsp3) is 1.00. The molecule has 108 valence electrons. The molecule has 0 saturated heterocycles. The largest absolute Gasteiger partial charge is 0.475 e. The Kier molecular flexibility index (Phi) is 8.16. The molecule has 0 unspecified atom stereocenters. The number of phosphoric ester groups is 1. The maximum Gasteiger partial charge on any atom is 0.475 e. The van der Waals surface area contributed by atoms with Crippen molar-refractivity contribution in [3.63, 3.8) is 0 Å². The molecule has 0 amide bonds. The normalized spacial score (nSPS) is 17.4. The summed E-state index contributed by atoms with van der Waals surface area (Å²) in [5, 5.41) is 0. The van der Waals surface area contributed by atoms with E-state index in [0.717, 1.165) is 51.4 Å². The molecule has 1 aliphatic carbocycles. The van der Waals surface area contributed by atoms with Gasteiger partial charge in [-0.15, -0.1) is 0 Å². The van der Waals surface area contributed by atoms with E-state index < -0.39 is 7.82 Å². The molecular formula is C13H27O4P. The summed E-state index contributed by atoms with van der Waals surface area (Å²) in [6.45, 7) is 5.05. The molecule has 0 aliphatic heterocycles. The Balaban J connectivity index is 2.40. The SMILES string of the molecule is CCCCOP(=O)(OCCCC)OC1CCCC1. The van der Waals surface area contributed by atoms with Crippen molar-refractivity contribution in [1.82, 2.24) is 0 Å². The first-order valence-corrected chi connectivity index (χ1v) is 8.73. The van der Waals surface area contributed by atoms with Crippen molar-refractivity contribution in [2.45, 2.75) is 71.3 Å². The average Bonchev–Trinajstić information content (AvgIpc) is 2.82. The van der Waals surface area contributed by atoms with Gasteiger partial charge in [0.25, 0.3) is 0 Å². The number of hydrogen-bond acceptors (Lipinski definition) is 4. The van der Waals surface area contributed by atoms with E-state index in [0.29, 0.717) is 13.2 Å². The maximum atomic E-state index is 12.5. The highest BCUT2D eigenvalue weighted by Crippen LogP contribution is 2.52. The number of rotatable bonds is 10. The van der Waals surface area contributed by atoms with Crippen LogP contribution in [0.2, 0.25) is 0 Å². The van der Waals surface area contributed by atoms with Gasteiger partial charge in [0.05, 0.1) is 19.3 Å². The summed E-state index contributed by atoms with van der Waals surface area (Å²) in [7, 11) is -3.33. The molecule has 18 heavy (non-hydrogen) atoms. The fourth-order valence-electron chi connectivity index (χ4n) is 1.92. The Morgan fingerprint density at radius 3 is 1.94 bits per heavy atom. The highest BCUT2D eigenvalue weighted by molar-refractivity contribution is 7.48. The van der Waals surface area contributed by atoms with Crippen molar-refractivity contribution >= 4 is 7.82 Å². The van der Waals surface area contributed by atoms with E-state index in [-0.39, 0.29) is 6.10 Å². The topological polar surface area (TPSA) is 44.8 Å². The van der Waals surface area contributed by atoms with E-state index in [1.54, 1.807) is 0 Å². The van der Waals surface area contributed by atoms with Crippen LogP contribution in [0, 0.1) is 0 Å². The fourth-order valence-corrected chi connectivity index (χ4v) is 3.39. The van der Waals surface area contributed by atoms with Crippen molar-refractivity contribution in [2.24, 2.45) is 0 Å². The first kappa shape index (κ1) is 16.2. The smallest absolute Gasteiger partial charge is 0.287 e. The van der Waals surface area contributed by atoms with E-state index in [9.17, 15) is 4.57 Å². The van der Waals surface area contributed by atoms with Gasteiger partial charge in [0.15, 0.2) is 0 Å². The third-order valence-electron chi connectivity index (χ3n) is 3.07. The van der Waals surface area contributed by atoms with Crippen LogP contribution in [0.25, 0.3) is 0 Å². The van der Waals surface area contributed by atoms with Crippen molar-refractivity contribution < 1.29 is 18.1 Å². The Labute approximate surface area is 111 Å². The quantitative estimate of drug-likeness (QED) is 0.429. The molecule has 0 heterocycles. The number of phosphoric acid groups is 1. The van der Waals surface area contributed by atoms with Crippen LogP contribution in [0.5, 0.6) is 0 Å². The molecule has 0 bridgehead atoms. The van der Waals surface area contributed by atoms with E-state index >= 15 is 0 Å². The lowest BCUT2D eigenvalue weighted by molar-refractivity contribution is 0.0788. The van der Waals surface area contributed by atoms with Gasteiger partial charge < -0.3 is 0 Å². The molecule has 0 aromatic carbocycles. The van der Waals surface area contributed by atoms with Gasteiger partial charge >= 0.3 is 7.82 Å². The van der Waals surface area contributed by atoms with Crippen molar-refractivity contribution in [2.75, 3.05) is 13.2 Å². The molecule has 0 aromatic rings. The predicted octanol–water partition coefficient (Wildman–Crippen LogP) is 4.69. The van der Waals surface area contributed by atoms with Gasteiger partial charge in [0.1, 0.15) is 0 Å². The maximum absolute atomic E-state index is 12.5. The Bertz CT molecular complexity index is 237. The Hall–Kier alpha value is 0.110. The first-order valence-electron chi connectivity index (χ1n) is 7.27. The lowest BCUT2D eigenvalue weighted by atomic mass is 10.3. The zero-order valence-corrected chi connectivity index (χ0v) is 12.6. The van der Waals surface area contributed by atoms with Gasteiger partial charge in [-0.3, -0.25) is 13.6 Å². The number of unbranched alkanes of at least 4 members (excludes halogenated alkanes) is 2. The molecule has 1 fully saturated rings. The third-order valence-corrected chi connectivity index (χ3v) is 4.63. The summed E-state index contributed by atoms with van der Waals surface area (Å²) in [6.07, 6.45) is 8.08. The zero-order chi connectivity index (χ0) is 13.3. The van der Waals surface area contributed by atoms with Crippen LogP contribution < -0.4 is 0 Å². The lowest BCUT2D eigenvalue weighted by Gasteiger charge is -2.21. The number of hydrogen-bond donors (Lipinski definition) is 0. The second-order valence-electron chi connectivity index (χ2n) is 4.83. The van der Waals surface area contributed by atoms with Gasteiger partial charge in [0.2, 0.25) is 0 Å². The standard InChI is InChI=1S/C13H27O4P/c1-3-5-11-15-18(14,16-12-6-4-2)17-13-9-7-8-10-13/h13H,3-12H2,1-2H3. The zero-order valence-electron chi connectivity index (χ0n) is 11.7. The molecular weight excluding hydrogens is 251 g/mol. The highest BCUT2D eigenvalue weighted by Gasteiger charge is 2.31. The monoisotopic (exact) mass is 278 g/mol. The Morgan fingerprint density at radius 2 is 1.50 bits per heavy atom. The first-order chi connectivity index (χ1) is 8.70. The van der Waals surface area contributed by atoms with Crippen LogP contribution >= 0.6 is 7.82 Å². The molecule has 1 aliphatic rings. The summed E-state index contributed by atoms with van der Waals surface area (Å²) < 4.78 is 28.8. The minimum Gasteiger partial charge on any atom is -0.287 e. The van der Waals surface area contributed by atoms with Gasteiger partial charge in [-0.05, 0) is 25.7 Å². The molecule has 5 heteroatoms. The molecule has 1 saturated carbocycles. The molecule has 0 aromatic heterocycles. The Morgan fingerprint density at radius 1 is 1.00 bits per heavy atom. The summed E-state index contributed by atoms with van der Waals surface area (Å²) in [4.78, 5) is 0. The lowest BCUT2D eigenvalue weighted by Crippen LogP contribution is -2.10. The van der Waals surface area contributed by atoms with Gasteiger partial charge in [0, 0.05) is 0 Å². The summed E-state index contributed by atoms with van der Waals surface area (Å²) in [5.74, 6) is 0. The van der Waals surface area contributed by atoms with E-state index in [1.807, 2.05) is 0 Å². The van der Waals surface area contributed by atoms with Gasteiger partial charge in [-0.1, -0.05) is 39.5 Å². The molecule has 4 nitrogen and oxygen atoms in total. The van der Waals surface area contributed by atoms with Crippen LogP contribution in [0.1, 0.15) is 65.2 Å². The molecule has 0 N–H and O–H groups in total. The van der Waals surface area contributed by atoms with E-state index in [4.69, 9.17) is 13.6 Å². The summed E-state index contributed by atoms with van der Waals surface area (Å²) in [6, 6.07) is 0. The minimum absolute atomic E-state index is 0.0547. The highest BCUT2D eigenvalue weighted by atomic mass is 31.2. The average molecular weight is 278 g/mol. The molecule has 0 spiro atoms. The van der Waals surface area contributed by atoms with Crippen molar-refractivity contribution in [3.05, 3.63) is 0 Å². The van der Waals surface area contributed by atoms with Crippen LogP contribution in [-0.4, -0.2) is 19.3 Å². The van der Waals surface area contributed by atoms with Gasteiger partial charge in [-0.2, -0.15) is 0 Å². The summed E-state index contributed by atoms with van der Waals surface area (Å²) >= 11 is 0. The third kappa shape index (κ3) is 6.33. The molecule has 0 atom stereocenters. The second kappa shape index (κ2) is 9.08. The molecule has 0 radical (unpaired) electrons. The summed E-state index contributed by atoms with van der Waals surface area (Å²) in [5.41, 5.74) is 0. The second-order valence-corrected chi connectivity index (χ2v) is 6.45. The van der Waals surface area contributed by atoms with Gasteiger partial charge in [-0.25, -0.2) is 4.57 Å². The minimum atomic E-state index is -3.33. The van der Waals surface area contributed by atoms with E-state index in [2.05, 4.69) is 13.8 Å². The van der Waals surface area contributed by atoms with Crippen LogP contribution in [-0.2, 0) is 18.1 Å². The van der Waals surface area contributed by atoms with Crippen molar-refractivity contribution in [1.29, 1.82) is 0 Å². The predicted molar refractivity (Wildman–Crippen MR) is 72.7 cm³/mol. The van der Waals surface area contributed by atoms with Crippen LogP contribution in [0.4, 0.5) is 0 Å². The van der Waals surface area contributed by atoms with Crippen molar-refractivity contribution in [3.8, 4) is 0 Å². The van der Waals surface area contributed by atoms with E-state index in [1.165, 1.54) is 0 Å².